The summed E-state index contributed by atoms with van der Waals surface area (Å²) < 4.78 is 39.9. The van der Waals surface area contributed by atoms with Crippen LogP contribution in [0.2, 0.25) is 0 Å². The minimum absolute atomic E-state index is 0.0987. The molecule has 0 atom stereocenters. The molecule has 0 radical (unpaired) electrons. The fraction of sp³-hybridized carbons (Fsp3) is 0.0435. The molecule has 4 rings (SSSR count). The maximum atomic E-state index is 13.1. The summed E-state index contributed by atoms with van der Waals surface area (Å²) in [5, 5.41) is 0.715. The number of carbonyl (C=O) groups excluding carboxylic acids is 2. The van der Waals surface area contributed by atoms with Crippen LogP contribution in [-0.2, 0) is 6.18 Å². The predicted octanol–water partition coefficient (Wildman–Crippen LogP) is 4.81. The van der Waals surface area contributed by atoms with Crippen molar-refractivity contribution in [3.8, 4) is 11.1 Å². The number of hydrogen-bond acceptors (Lipinski definition) is 2. The Morgan fingerprint density at radius 2 is 1.52 bits per heavy atom. The molecule has 0 aliphatic rings. The van der Waals surface area contributed by atoms with E-state index in [9.17, 15) is 22.8 Å². The number of para-hydroxylation sites is 1. The summed E-state index contributed by atoms with van der Waals surface area (Å²) in [6.45, 7) is 0. The predicted molar refractivity (Wildman–Crippen MR) is 111 cm³/mol. The molecule has 0 spiro atoms. The lowest BCUT2D eigenvalue weighted by atomic mass is 9.98. The third kappa shape index (κ3) is 3.87. The fourth-order valence-electron chi connectivity index (χ4n) is 3.39. The Labute approximate surface area is 174 Å². The van der Waals surface area contributed by atoms with Gasteiger partial charge < -0.3 is 5.73 Å². The van der Waals surface area contributed by atoms with E-state index in [1.54, 1.807) is 54.6 Å². The maximum absolute atomic E-state index is 13.1. The van der Waals surface area contributed by atoms with Gasteiger partial charge in [0.05, 0.1) is 11.1 Å². The lowest BCUT2D eigenvalue weighted by Gasteiger charge is -2.14. The van der Waals surface area contributed by atoms with Gasteiger partial charge in [0.1, 0.15) is 5.69 Å². The molecule has 3 aromatic carbocycles. The van der Waals surface area contributed by atoms with E-state index in [1.807, 2.05) is 0 Å². The standard InChI is InChI=1S/C23H16F3N3O2/c24-23(25,26)16-11-9-14(10-12-16)17-6-2-3-7-18(17)22(31)28-29-19-8-4-1-5-15(19)13-20(29)21(27)30/h1-13H,(H2,27,30)(H,28,31). The molecule has 0 fully saturated rings. The molecule has 4 aromatic rings. The quantitative estimate of drug-likeness (QED) is 0.494. The molecule has 0 aliphatic carbocycles. The molecule has 0 saturated heterocycles. The Morgan fingerprint density at radius 3 is 2.19 bits per heavy atom. The number of aromatic nitrogens is 1. The second kappa shape index (κ2) is 7.64. The smallest absolute Gasteiger partial charge is 0.364 e. The van der Waals surface area contributed by atoms with Gasteiger partial charge in [-0.15, -0.1) is 0 Å². The highest BCUT2D eigenvalue weighted by Gasteiger charge is 2.30. The van der Waals surface area contributed by atoms with Gasteiger partial charge in [-0.25, -0.2) is 4.68 Å². The Hall–Kier alpha value is -4.07. The van der Waals surface area contributed by atoms with Crippen LogP contribution < -0.4 is 11.2 Å². The molecule has 1 heterocycles. The molecule has 0 bridgehead atoms. The summed E-state index contributed by atoms with van der Waals surface area (Å²) in [5.74, 6) is -1.26. The number of fused-ring (bicyclic) bond motifs is 1. The number of nitrogens with zero attached hydrogens (tertiary/aromatic N) is 1. The largest absolute Gasteiger partial charge is 0.416 e. The Balaban J connectivity index is 1.73. The van der Waals surface area contributed by atoms with Crippen molar-refractivity contribution < 1.29 is 22.8 Å². The second-order valence-electron chi connectivity index (χ2n) is 6.85. The van der Waals surface area contributed by atoms with E-state index in [0.29, 0.717) is 22.0 Å². The molecule has 0 saturated carbocycles. The van der Waals surface area contributed by atoms with Gasteiger partial charge in [0.2, 0.25) is 0 Å². The van der Waals surface area contributed by atoms with E-state index in [2.05, 4.69) is 5.43 Å². The van der Waals surface area contributed by atoms with E-state index in [1.165, 1.54) is 16.8 Å². The Bertz CT molecular complexity index is 1290. The van der Waals surface area contributed by atoms with Gasteiger partial charge in [-0.3, -0.25) is 15.0 Å². The maximum Gasteiger partial charge on any atom is 0.416 e. The number of benzene rings is 3. The van der Waals surface area contributed by atoms with E-state index in [4.69, 9.17) is 5.73 Å². The number of nitrogens with one attached hydrogen (secondary N) is 1. The molecule has 8 heteroatoms. The zero-order valence-corrected chi connectivity index (χ0v) is 16.0. The minimum Gasteiger partial charge on any atom is -0.364 e. The highest BCUT2D eigenvalue weighted by Crippen LogP contribution is 2.32. The number of nitrogens with two attached hydrogens (primary N) is 1. The first kappa shape index (κ1) is 20.2. The number of alkyl halides is 3. The van der Waals surface area contributed by atoms with Gasteiger partial charge in [0.15, 0.2) is 0 Å². The van der Waals surface area contributed by atoms with Crippen molar-refractivity contribution in [2.24, 2.45) is 5.73 Å². The summed E-state index contributed by atoms with van der Waals surface area (Å²) in [6.07, 6.45) is -4.45. The van der Waals surface area contributed by atoms with E-state index in [0.717, 1.165) is 12.1 Å². The monoisotopic (exact) mass is 423 g/mol. The average Bonchev–Trinajstić information content (AvgIpc) is 3.12. The van der Waals surface area contributed by atoms with Crippen LogP contribution in [-0.4, -0.2) is 16.5 Å². The van der Waals surface area contributed by atoms with Crippen LogP contribution in [0.5, 0.6) is 0 Å². The number of rotatable bonds is 4. The van der Waals surface area contributed by atoms with Gasteiger partial charge in [0.25, 0.3) is 11.8 Å². The highest BCUT2D eigenvalue weighted by molar-refractivity contribution is 6.07. The molecule has 5 nitrogen and oxygen atoms in total. The van der Waals surface area contributed by atoms with Crippen molar-refractivity contribution in [1.29, 1.82) is 0 Å². The van der Waals surface area contributed by atoms with Gasteiger partial charge >= 0.3 is 6.18 Å². The van der Waals surface area contributed by atoms with Crippen LogP contribution in [0.3, 0.4) is 0 Å². The van der Waals surface area contributed by atoms with E-state index < -0.39 is 23.6 Å². The second-order valence-corrected chi connectivity index (χ2v) is 6.85. The fourth-order valence-corrected chi connectivity index (χ4v) is 3.39. The van der Waals surface area contributed by atoms with E-state index in [-0.39, 0.29) is 11.3 Å². The molecule has 3 N–H and O–H groups in total. The molecule has 156 valence electrons. The van der Waals surface area contributed by atoms with Crippen molar-refractivity contribution in [2.75, 3.05) is 5.43 Å². The molecule has 0 aliphatic heterocycles. The number of amides is 2. The molecule has 1 aromatic heterocycles. The number of halogens is 3. The number of carbonyl (C=O) groups is 2. The number of primary amides is 1. The van der Waals surface area contributed by atoms with Crippen LogP contribution in [0.15, 0.2) is 78.9 Å². The zero-order valence-electron chi connectivity index (χ0n) is 16.0. The molecule has 2 amide bonds. The van der Waals surface area contributed by atoms with Crippen molar-refractivity contribution in [3.05, 3.63) is 95.7 Å². The van der Waals surface area contributed by atoms with Crippen LogP contribution in [0.25, 0.3) is 22.0 Å². The topological polar surface area (TPSA) is 77.1 Å². The summed E-state index contributed by atoms with van der Waals surface area (Å²) >= 11 is 0. The van der Waals surface area contributed by atoms with Gasteiger partial charge in [-0.2, -0.15) is 13.2 Å². The van der Waals surface area contributed by atoms with Crippen LogP contribution >= 0.6 is 0 Å². The first-order valence-corrected chi connectivity index (χ1v) is 9.24. The van der Waals surface area contributed by atoms with Gasteiger partial charge in [-0.05, 0) is 41.5 Å². The average molecular weight is 423 g/mol. The van der Waals surface area contributed by atoms with Crippen LogP contribution in [0.4, 0.5) is 13.2 Å². The summed E-state index contributed by atoms with van der Waals surface area (Å²) in [7, 11) is 0. The van der Waals surface area contributed by atoms with Crippen molar-refractivity contribution in [1.82, 2.24) is 4.68 Å². The van der Waals surface area contributed by atoms with Gasteiger partial charge in [-0.1, -0.05) is 48.5 Å². The van der Waals surface area contributed by atoms with Crippen molar-refractivity contribution >= 4 is 22.7 Å². The van der Waals surface area contributed by atoms with Crippen LogP contribution in [0.1, 0.15) is 26.4 Å². The van der Waals surface area contributed by atoms with Crippen molar-refractivity contribution in [2.45, 2.75) is 6.18 Å². The Kier molecular flexibility index (Phi) is 4.98. The first-order chi connectivity index (χ1) is 14.8. The summed E-state index contributed by atoms with van der Waals surface area (Å²) in [6, 6.07) is 19.7. The molecular formula is C23H16F3N3O2. The highest BCUT2D eigenvalue weighted by atomic mass is 19.4. The third-order valence-electron chi connectivity index (χ3n) is 4.87. The normalized spacial score (nSPS) is 11.5. The summed E-state index contributed by atoms with van der Waals surface area (Å²) in [5.41, 5.74) is 9.17. The third-order valence-corrected chi connectivity index (χ3v) is 4.87. The lowest BCUT2D eigenvalue weighted by molar-refractivity contribution is -0.137. The lowest BCUT2D eigenvalue weighted by Crippen LogP contribution is -2.28. The number of hydrogen-bond donors (Lipinski definition) is 2. The molecular weight excluding hydrogens is 407 g/mol. The zero-order chi connectivity index (χ0) is 22.2. The minimum atomic E-state index is -4.45. The summed E-state index contributed by atoms with van der Waals surface area (Å²) in [4.78, 5) is 25.0. The Morgan fingerprint density at radius 1 is 0.871 bits per heavy atom. The van der Waals surface area contributed by atoms with E-state index >= 15 is 0 Å². The van der Waals surface area contributed by atoms with Gasteiger partial charge in [0, 0.05) is 10.9 Å². The molecule has 31 heavy (non-hydrogen) atoms. The SMILES string of the molecule is NC(=O)c1cc2ccccc2n1NC(=O)c1ccccc1-c1ccc(C(F)(F)F)cc1. The van der Waals surface area contributed by atoms with Crippen LogP contribution in [0, 0.1) is 0 Å². The first-order valence-electron chi connectivity index (χ1n) is 9.24. The molecule has 0 unspecified atom stereocenters. The van der Waals surface area contributed by atoms with Crippen molar-refractivity contribution in [3.63, 3.8) is 0 Å².